The molecule has 0 saturated carbocycles. The average Bonchev–Trinajstić information content (AvgIpc) is 3.03. The molecule has 0 aliphatic carbocycles. The summed E-state index contributed by atoms with van der Waals surface area (Å²) in [7, 11) is 0. The molecule has 0 radical (unpaired) electrons. The van der Waals surface area contributed by atoms with Crippen molar-refractivity contribution >= 4 is 6.21 Å². The van der Waals surface area contributed by atoms with Crippen molar-refractivity contribution < 1.29 is 0 Å². The number of hydrogen-bond donors (Lipinski definition) is 1. The zero-order valence-corrected chi connectivity index (χ0v) is 16.1. The van der Waals surface area contributed by atoms with Gasteiger partial charge in [0.1, 0.15) is 6.17 Å². The van der Waals surface area contributed by atoms with Gasteiger partial charge in [0, 0.05) is 25.8 Å². The SMILES string of the molecule is CCC/C=C/CCCCCCCCCCCC1N=CCN1CCN. The first kappa shape index (κ1) is 21.4. The molecule has 1 unspecified atom stereocenters. The van der Waals surface area contributed by atoms with E-state index >= 15 is 0 Å². The molecule has 0 fully saturated rings. The average molecular weight is 336 g/mol. The Morgan fingerprint density at radius 3 is 2.25 bits per heavy atom. The van der Waals surface area contributed by atoms with Crippen molar-refractivity contribution in [3.63, 3.8) is 0 Å². The van der Waals surface area contributed by atoms with Crippen molar-refractivity contribution in [2.45, 2.75) is 96.6 Å². The molecule has 3 heteroatoms. The minimum Gasteiger partial charge on any atom is -0.329 e. The number of rotatable bonds is 16. The predicted octanol–water partition coefficient (Wildman–Crippen LogP) is 5.31. The molecule has 1 aliphatic heterocycles. The third-order valence-electron chi connectivity index (χ3n) is 4.89. The quantitative estimate of drug-likeness (QED) is 0.307. The fourth-order valence-electron chi connectivity index (χ4n) is 3.38. The monoisotopic (exact) mass is 335 g/mol. The van der Waals surface area contributed by atoms with Crippen LogP contribution in [0.1, 0.15) is 90.4 Å². The second-order valence-electron chi connectivity index (χ2n) is 7.12. The van der Waals surface area contributed by atoms with Crippen LogP contribution in [0, 0.1) is 0 Å². The highest BCUT2D eigenvalue weighted by Crippen LogP contribution is 2.16. The molecule has 0 amide bonds. The number of unbranched alkanes of at least 4 members (excludes halogenated alkanes) is 10. The van der Waals surface area contributed by atoms with Crippen molar-refractivity contribution in [2.75, 3.05) is 19.6 Å². The molecular formula is C21H41N3. The van der Waals surface area contributed by atoms with E-state index in [-0.39, 0.29) is 0 Å². The molecule has 1 rings (SSSR count). The standard InChI is InChI=1S/C21H41N3/c1-2-3-4-5-6-7-8-9-10-11-12-13-14-15-16-21-23-18-20-24(21)19-17-22/h4-5,18,21H,2-3,6-17,19-20,22H2,1H3/b5-4+. The van der Waals surface area contributed by atoms with Gasteiger partial charge >= 0.3 is 0 Å². The predicted molar refractivity (Wildman–Crippen MR) is 108 cm³/mol. The van der Waals surface area contributed by atoms with Gasteiger partial charge in [-0.25, -0.2) is 0 Å². The minimum atomic E-state index is 0.417. The third kappa shape index (κ3) is 11.0. The molecular weight excluding hydrogens is 294 g/mol. The zero-order valence-electron chi connectivity index (χ0n) is 16.1. The third-order valence-corrected chi connectivity index (χ3v) is 4.89. The second kappa shape index (κ2) is 15.8. The highest BCUT2D eigenvalue weighted by Gasteiger charge is 2.19. The van der Waals surface area contributed by atoms with E-state index in [2.05, 4.69) is 35.2 Å². The van der Waals surface area contributed by atoms with E-state index in [9.17, 15) is 0 Å². The van der Waals surface area contributed by atoms with Crippen LogP contribution in [0.15, 0.2) is 17.1 Å². The maximum absolute atomic E-state index is 5.65. The molecule has 140 valence electrons. The lowest BCUT2D eigenvalue weighted by molar-refractivity contribution is 0.241. The Bertz CT molecular complexity index is 325. The van der Waals surface area contributed by atoms with Crippen molar-refractivity contribution in [3.05, 3.63) is 12.2 Å². The molecule has 0 aromatic carbocycles. The molecule has 24 heavy (non-hydrogen) atoms. The molecule has 0 aromatic heterocycles. The Labute approximate surface area is 150 Å². The lowest BCUT2D eigenvalue weighted by Crippen LogP contribution is -2.34. The lowest BCUT2D eigenvalue weighted by Gasteiger charge is -2.21. The van der Waals surface area contributed by atoms with E-state index in [1.54, 1.807) is 0 Å². The van der Waals surface area contributed by atoms with Gasteiger partial charge in [0.05, 0.1) is 0 Å². The van der Waals surface area contributed by atoms with Gasteiger partial charge in [-0.3, -0.25) is 9.89 Å². The van der Waals surface area contributed by atoms with E-state index in [0.29, 0.717) is 6.17 Å². The first-order valence-corrected chi connectivity index (χ1v) is 10.5. The number of nitrogens with zero attached hydrogens (tertiary/aromatic N) is 2. The largest absolute Gasteiger partial charge is 0.329 e. The smallest absolute Gasteiger partial charge is 0.102 e. The Kier molecular flexibility index (Phi) is 14.1. The van der Waals surface area contributed by atoms with Crippen LogP contribution in [0.4, 0.5) is 0 Å². The van der Waals surface area contributed by atoms with Gasteiger partial charge < -0.3 is 5.73 Å². The summed E-state index contributed by atoms with van der Waals surface area (Å²) in [6.45, 7) is 4.97. The number of aliphatic imine (C=N–C) groups is 1. The van der Waals surface area contributed by atoms with Gasteiger partial charge in [-0.15, -0.1) is 0 Å². The summed E-state index contributed by atoms with van der Waals surface area (Å²) >= 11 is 0. The van der Waals surface area contributed by atoms with Crippen LogP contribution in [0.2, 0.25) is 0 Å². The van der Waals surface area contributed by atoms with Gasteiger partial charge in [-0.2, -0.15) is 0 Å². The summed E-state index contributed by atoms with van der Waals surface area (Å²) in [6.07, 6.45) is 24.7. The van der Waals surface area contributed by atoms with Crippen LogP contribution in [0.25, 0.3) is 0 Å². The highest BCUT2D eigenvalue weighted by molar-refractivity contribution is 5.62. The van der Waals surface area contributed by atoms with Gasteiger partial charge in [0.25, 0.3) is 0 Å². The van der Waals surface area contributed by atoms with Crippen LogP contribution < -0.4 is 5.73 Å². The van der Waals surface area contributed by atoms with Gasteiger partial charge in [0.15, 0.2) is 0 Å². The van der Waals surface area contributed by atoms with Crippen LogP contribution in [0.5, 0.6) is 0 Å². The van der Waals surface area contributed by atoms with Crippen molar-refractivity contribution in [1.82, 2.24) is 4.90 Å². The van der Waals surface area contributed by atoms with Gasteiger partial charge in [-0.1, -0.05) is 70.4 Å². The summed E-state index contributed by atoms with van der Waals surface area (Å²) in [5.74, 6) is 0. The lowest BCUT2D eigenvalue weighted by atomic mass is 10.0. The summed E-state index contributed by atoms with van der Waals surface area (Å²) in [6, 6.07) is 0. The molecule has 2 N–H and O–H groups in total. The first-order valence-electron chi connectivity index (χ1n) is 10.5. The Balaban J connectivity index is 1.80. The molecule has 0 spiro atoms. The fraction of sp³-hybridized carbons (Fsp3) is 0.857. The summed E-state index contributed by atoms with van der Waals surface area (Å²) in [5.41, 5.74) is 5.65. The van der Waals surface area contributed by atoms with E-state index in [1.807, 2.05) is 0 Å². The minimum absolute atomic E-state index is 0.417. The Hall–Kier alpha value is -0.670. The Morgan fingerprint density at radius 1 is 0.958 bits per heavy atom. The summed E-state index contributed by atoms with van der Waals surface area (Å²) in [5, 5.41) is 0. The van der Waals surface area contributed by atoms with Crippen LogP contribution >= 0.6 is 0 Å². The molecule has 1 atom stereocenters. The second-order valence-corrected chi connectivity index (χ2v) is 7.12. The number of nitrogens with two attached hydrogens (primary N) is 1. The molecule has 0 aromatic rings. The van der Waals surface area contributed by atoms with E-state index in [1.165, 1.54) is 83.5 Å². The van der Waals surface area contributed by atoms with Gasteiger partial charge in [-0.05, 0) is 32.1 Å². The van der Waals surface area contributed by atoms with Crippen LogP contribution in [-0.4, -0.2) is 36.9 Å². The van der Waals surface area contributed by atoms with E-state index < -0.39 is 0 Å². The van der Waals surface area contributed by atoms with Gasteiger partial charge in [0.2, 0.25) is 0 Å². The molecule has 0 saturated heterocycles. The topological polar surface area (TPSA) is 41.6 Å². The van der Waals surface area contributed by atoms with E-state index in [0.717, 1.165) is 19.6 Å². The van der Waals surface area contributed by atoms with Crippen LogP contribution in [0.3, 0.4) is 0 Å². The fourth-order valence-corrected chi connectivity index (χ4v) is 3.38. The molecule has 1 aliphatic rings. The van der Waals surface area contributed by atoms with Crippen molar-refractivity contribution in [3.8, 4) is 0 Å². The number of hydrogen-bond acceptors (Lipinski definition) is 3. The normalized spacial score (nSPS) is 18.2. The number of allylic oxidation sites excluding steroid dienone is 2. The maximum Gasteiger partial charge on any atom is 0.102 e. The molecule has 1 heterocycles. The maximum atomic E-state index is 5.65. The molecule has 0 bridgehead atoms. The summed E-state index contributed by atoms with van der Waals surface area (Å²) in [4.78, 5) is 6.98. The Morgan fingerprint density at radius 2 is 1.58 bits per heavy atom. The molecule has 3 nitrogen and oxygen atoms in total. The van der Waals surface area contributed by atoms with Crippen molar-refractivity contribution in [1.29, 1.82) is 0 Å². The highest BCUT2D eigenvalue weighted by atomic mass is 15.3. The van der Waals surface area contributed by atoms with Crippen LogP contribution in [-0.2, 0) is 0 Å². The van der Waals surface area contributed by atoms with E-state index in [4.69, 9.17) is 5.73 Å². The zero-order chi connectivity index (χ0) is 17.3. The van der Waals surface area contributed by atoms with Crippen molar-refractivity contribution in [2.24, 2.45) is 10.7 Å². The summed E-state index contributed by atoms with van der Waals surface area (Å²) < 4.78 is 0. The first-order chi connectivity index (χ1) is 11.9.